The Labute approximate surface area is 109 Å². The molecule has 0 N–H and O–H groups in total. The molecule has 0 saturated carbocycles. The fraction of sp³-hybridized carbons (Fsp3) is 0.0714. The van der Waals surface area contributed by atoms with Gasteiger partial charge in [-0.15, -0.1) is 0 Å². The Kier molecular flexibility index (Phi) is 3.02. The maximum absolute atomic E-state index is 12.7. The monoisotopic (exact) mass is 254 g/mol. The van der Waals surface area contributed by atoms with E-state index >= 15 is 0 Å². The number of aromatic nitrogens is 4. The van der Waals surface area contributed by atoms with Gasteiger partial charge in [0.25, 0.3) is 0 Å². The molecule has 0 spiro atoms. The highest BCUT2D eigenvalue weighted by Gasteiger charge is 2.05. The van der Waals surface area contributed by atoms with Gasteiger partial charge in [-0.3, -0.25) is 4.68 Å². The number of halogens is 1. The van der Waals surface area contributed by atoms with Crippen LogP contribution in [0.1, 0.15) is 5.56 Å². The van der Waals surface area contributed by atoms with Gasteiger partial charge in [-0.05, 0) is 11.6 Å². The van der Waals surface area contributed by atoms with Gasteiger partial charge in [0.2, 0.25) is 0 Å². The van der Waals surface area contributed by atoms with Crippen LogP contribution in [-0.2, 0) is 6.54 Å². The van der Waals surface area contributed by atoms with E-state index in [1.54, 1.807) is 4.68 Å². The van der Waals surface area contributed by atoms with Gasteiger partial charge in [-0.2, -0.15) is 5.10 Å². The van der Waals surface area contributed by atoms with Crippen LogP contribution in [0.2, 0.25) is 0 Å². The molecule has 4 nitrogen and oxygen atoms in total. The van der Waals surface area contributed by atoms with E-state index in [1.807, 2.05) is 42.6 Å². The summed E-state index contributed by atoms with van der Waals surface area (Å²) in [6.07, 6.45) is 4.13. The molecular weight excluding hydrogens is 243 g/mol. The van der Waals surface area contributed by atoms with Gasteiger partial charge in [0.05, 0.1) is 18.9 Å². The number of benzene rings is 1. The van der Waals surface area contributed by atoms with E-state index in [9.17, 15) is 4.39 Å². The van der Waals surface area contributed by atoms with E-state index in [1.165, 1.54) is 0 Å². The third-order valence-corrected chi connectivity index (χ3v) is 2.68. The summed E-state index contributed by atoms with van der Waals surface area (Å²) in [4.78, 5) is 7.81. The lowest BCUT2D eigenvalue weighted by Gasteiger charge is -2.01. The molecule has 3 aromatic rings. The van der Waals surface area contributed by atoms with Crippen LogP contribution in [0, 0.1) is 5.82 Å². The van der Waals surface area contributed by atoms with Crippen LogP contribution in [0.25, 0.3) is 11.5 Å². The van der Waals surface area contributed by atoms with Gasteiger partial charge in [0, 0.05) is 6.20 Å². The zero-order valence-electron chi connectivity index (χ0n) is 10.1. The normalized spacial score (nSPS) is 10.6. The summed E-state index contributed by atoms with van der Waals surface area (Å²) in [5, 5.41) is 4.37. The molecule has 0 bridgehead atoms. The topological polar surface area (TPSA) is 43.6 Å². The Morgan fingerprint density at radius 1 is 1.00 bits per heavy atom. The highest BCUT2D eigenvalue weighted by molar-refractivity contribution is 5.47. The number of hydrogen-bond acceptors (Lipinski definition) is 3. The van der Waals surface area contributed by atoms with Crippen molar-refractivity contribution < 1.29 is 4.39 Å². The summed E-state index contributed by atoms with van der Waals surface area (Å²) in [5.74, 6) is -0.0271. The van der Waals surface area contributed by atoms with E-state index < -0.39 is 5.82 Å². The first-order chi connectivity index (χ1) is 9.31. The molecule has 94 valence electrons. The van der Waals surface area contributed by atoms with Crippen molar-refractivity contribution in [2.45, 2.75) is 6.54 Å². The van der Waals surface area contributed by atoms with Crippen molar-refractivity contribution in [1.82, 2.24) is 19.7 Å². The van der Waals surface area contributed by atoms with Crippen LogP contribution in [-0.4, -0.2) is 19.7 Å². The second-order valence-corrected chi connectivity index (χ2v) is 4.11. The molecule has 0 unspecified atom stereocenters. The lowest BCUT2D eigenvalue weighted by Crippen LogP contribution is -2.00. The van der Waals surface area contributed by atoms with E-state index in [0.29, 0.717) is 18.1 Å². The van der Waals surface area contributed by atoms with E-state index in [4.69, 9.17) is 0 Å². The summed E-state index contributed by atoms with van der Waals surface area (Å²) < 4.78 is 14.5. The predicted octanol–water partition coefficient (Wildman–Crippen LogP) is 2.53. The second kappa shape index (κ2) is 4.97. The predicted molar refractivity (Wildman–Crippen MR) is 68.8 cm³/mol. The molecule has 5 heteroatoms. The number of rotatable bonds is 3. The van der Waals surface area contributed by atoms with Gasteiger partial charge in [0.15, 0.2) is 11.6 Å². The van der Waals surface area contributed by atoms with Crippen LogP contribution < -0.4 is 0 Å². The summed E-state index contributed by atoms with van der Waals surface area (Å²) in [6.45, 7) is 0.683. The average molecular weight is 254 g/mol. The molecule has 2 aromatic heterocycles. The van der Waals surface area contributed by atoms with Crippen LogP contribution in [0.5, 0.6) is 0 Å². The minimum Gasteiger partial charge on any atom is -0.268 e. The van der Waals surface area contributed by atoms with Crippen molar-refractivity contribution >= 4 is 0 Å². The Bertz CT molecular complexity index is 661. The number of nitrogens with zero attached hydrogens (tertiary/aromatic N) is 4. The van der Waals surface area contributed by atoms with Crippen LogP contribution in [0.3, 0.4) is 0 Å². The highest BCUT2D eigenvalue weighted by Crippen LogP contribution is 2.12. The lowest BCUT2D eigenvalue weighted by atomic mass is 10.2. The molecule has 0 aliphatic heterocycles. The van der Waals surface area contributed by atoms with Crippen molar-refractivity contribution in [2.75, 3.05) is 0 Å². The second-order valence-electron chi connectivity index (χ2n) is 4.11. The first-order valence-electron chi connectivity index (χ1n) is 5.86. The fourth-order valence-corrected chi connectivity index (χ4v) is 1.78. The smallest absolute Gasteiger partial charge is 0.180 e. The maximum Gasteiger partial charge on any atom is 0.180 e. The standard InChI is InChI=1S/C14H11FN4/c15-12-8-16-14(17-9-12)13-6-7-19(18-13)10-11-4-2-1-3-5-11/h1-9H,10H2. The van der Waals surface area contributed by atoms with Gasteiger partial charge >= 0.3 is 0 Å². The quantitative estimate of drug-likeness (QED) is 0.721. The molecule has 0 aliphatic carbocycles. The summed E-state index contributed by atoms with van der Waals surface area (Å²) >= 11 is 0. The van der Waals surface area contributed by atoms with Crippen LogP contribution in [0.4, 0.5) is 4.39 Å². The molecule has 0 radical (unpaired) electrons. The molecule has 0 amide bonds. The van der Waals surface area contributed by atoms with Gasteiger partial charge in [-0.1, -0.05) is 30.3 Å². The molecule has 0 aliphatic rings. The Balaban J connectivity index is 1.82. The van der Waals surface area contributed by atoms with E-state index in [0.717, 1.165) is 18.0 Å². The Morgan fingerprint density at radius 2 is 1.74 bits per heavy atom. The lowest BCUT2D eigenvalue weighted by molar-refractivity contribution is 0.614. The van der Waals surface area contributed by atoms with Gasteiger partial charge in [0.1, 0.15) is 5.69 Å². The maximum atomic E-state index is 12.7. The third-order valence-electron chi connectivity index (χ3n) is 2.68. The third kappa shape index (κ3) is 2.65. The van der Waals surface area contributed by atoms with Crippen molar-refractivity contribution in [3.8, 4) is 11.5 Å². The van der Waals surface area contributed by atoms with Crippen LogP contribution in [0.15, 0.2) is 55.0 Å². The molecule has 0 atom stereocenters. The van der Waals surface area contributed by atoms with Crippen molar-refractivity contribution in [2.24, 2.45) is 0 Å². The molecule has 3 rings (SSSR count). The number of hydrogen-bond donors (Lipinski definition) is 0. The molecule has 1 aromatic carbocycles. The van der Waals surface area contributed by atoms with Crippen molar-refractivity contribution in [3.63, 3.8) is 0 Å². The van der Waals surface area contributed by atoms with Crippen LogP contribution >= 0.6 is 0 Å². The van der Waals surface area contributed by atoms with Crippen molar-refractivity contribution in [1.29, 1.82) is 0 Å². The highest BCUT2D eigenvalue weighted by atomic mass is 19.1. The summed E-state index contributed by atoms with van der Waals surface area (Å²) in [7, 11) is 0. The summed E-state index contributed by atoms with van der Waals surface area (Å²) in [5.41, 5.74) is 1.80. The molecule has 19 heavy (non-hydrogen) atoms. The zero-order valence-corrected chi connectivity index (χ0v) is 10.1. The van der Waals surface area contributed by atoms with E-state index in [-0.39, 0.29) is 0 Å². The largest absolute Gasteiger partial charge is 0.268 e. The van der Waals surface area contributed by atoms with Crippen molar-refractivity contribution in [3.05, 3.63) is 66.4 Å². The SMILES string of the molecule is Fc1cnc(-c2ccn(Cc3ccccc3)n2)nc1. The zero-order chi connectivity index (χ0) is 13.1. The molecule has 0 saturated heterocycles. The first-order valence-corrected chi connectivity index (χ1v) is 5.86. The summed E-state index contributed by atoms with van der Waals surface area (Å²) in [6, 6.07) is 11.8. The molecule has 2 heterocycles. The first kappa shape index (κ1) is 11.5. The Hall–Kier alpha value is -2.56. The molecule has 0 fully saturated rings. The molecular formula is C14H11FN4. The van der Waals surface area contributed by atoms with Gasteiger partial charge < -0.3 is 0 Å². The van der Waals surface area contributed by atoms with Gasteiger partial charge in [-0.25, -0.2) is 14.4 Å². The average Bonchev–Trinajstić information content (AvgIpc) is 2.89. The Morgan fingerprint density at radius 3 is 2.47 bits per heavy atom. The minimum atomic E-state index is -0.451. The minimum absolute atomic E-state index is 0.424. The van der Waals surface area contributed by atoms with E-state index in [2.05, 4.69) is 15.1 Å². The fourth-order valence-electron chi connectivity index (χ4n) is 1.78.